The average Bonchev–Trinajstić information content (AvgIpc) is 3.14. The maximum absolute atomic E-state index is 12.8. The van der Waals surface area contributed by atoms with E-state index in [1.54, 1.807) is 78.9 Å². The fraction of sp³-hybridized carbons (Fsp3) is 0.200. The highest BCUT2D eigenvalue weighted by molar-refractivity contribution is 6.10. The van der Waals surface area contributed by atoms with Crippen molar-refractivity contribution in [3.63, 3.8) is 0 Å². The lowest BCUT2D eigenvalue weighted by atomic mass is 10.0. The van der Waals surface area contributed by atoms with Gasteiger partial charge in [-0.1, -0.05) is 42.5 Å². The Morgan fingerprint density at radius 3 is 1.82 bits per heavy atom. The number of aliphatic hydroxyl groups is 3. The lowest BCUT2D eigenvalue weighted by Crippen LogP contribution is -2.32. The minimum absolute atomic E-state index is 0.295. The zero-order chi connectivity index (χ0) is 23.4. The molecule has 1 aliphatic heterocycles. The van der Waals surface area contributed by atoms with Crippen molar-refractivity contribution in [3.05, 3.63) is 95.6 Å². The van der Waals surface area contributed by atoms with Crippen LogP contribution in [-0.4, -0.2) is 52.1 Å². The van der Waals surface area contributed by atoms with Crippen LogP contribution in [-0.2, 0) is 4.74 Å². The molecule has 8 heteroatoms. The van der Waals surface area contributed by atoms with Crippen molar-refractivity contribution in [1.29, 1.82) is 0 Å². The van der Waals surface area contributed by atoms with Gasteiger partial charge in [0.15, 0.2) is 0 Å². The molecule has 0 spiro atoms. The van der Waals surface area contributed by atoms with Crippen molar-refractivity contribution in [2.45, 2.75) is 24.4 Å². The maximum atomic E-state index is 12.8. The Morgan fingerprint density at radius 2 is 1.30 bits per heavy atom. The molecule has 1 saturated heterocycles. The molecule has 8 nitrogen and oxygen atoms in total. The van der Waals surface area contributed by atoms with Crippen LogP contribution in [0.15, 0.2) is 78.9 Å². The second-order valence-electron chi connectivity index (χ2n) is 7.70. The molecular weight excluding hydrogens is 424 g/mol. The first-order valence-electron chi connectivity index (χ1n) is 10.5. The number of anilines is 2. The summed E-state index contributed by atoms with van der Waals surface area (Å²) in [5.41, 5.74) is 1.99. The molecule has 4 unspecified atom stereocenters. The van der Waals surface area contributed by atoms with Gasteiger partial charge in [-0.05, 0) is 42.0 Å². The number of benzene rings is 3. The summed E-state index contributed by atoms with van der Waals surface area (Å²) in [6.07, 6.45) is -4.35. The Balaban J connectivity index is 1.65. The number of hydrogen-bond donors (Lipinski definition) is 5. The normalized spacial score (nSPS) is 22.0. The Morgan fingerprint density at radius 1 is 0.758 bits per heavy atom. The third-order valence-corrected chi connectivity index (χ3v) is 5.48. The highest BCUT2D eigenvalue weighted by Crippen LogP contribution is 2.36. The molecule has 0 radical (unpaired) electrons. The molecule has 5 N–H and O–H groups in total. The molecular formula is C25H24N2O6. The number of amides is 2. The molecule has 1 aliphatic rings. The van der Waals surface area contributed by atoms with Crippen LogP contribution in [0.1, 0.15) is 32.4 Å². The minimum Gasteiger partial charge on any atom is -0.394 e. The topological polar surface area (TPSA) is 128 Å². The van der Waals surface area contributed by atoms with Crippen molar-refractivity contribution in [2.75, 3.05) is 17.2 Å². The van der Waals surface area contributed by atoms with Crippen LogP contribution in [0.5, 0.6) is 0 Å². The van der Waals surface area contributed by atoms with E-state index in [-0.39, 0.29) is 11.8 Å². The third-order valence-electron chi connectivity index (χ3n) is 5.48. The van der Waals surface area contributed by atoms with Crippen molar-refractivity contribution in [3.8, 4) is 0 Å². The van der Waals surface area contributed by atoms with Gasteiger partial charge in [-0.25, -0.2) is 0 Å². The van der Waals surface area contributed by atoms with E-state index in [0.717, 1.165) is 0 Å². The lowest BCUT2D eigenvalue weighted by Gasteiger charge is -2.19. The largest absolute Gasteiger partial charge is 0.394 e. The molecule has 33 heavy (non-hydrogen) atoms. The molecule has 3 aromatic carbocycles. The van der Waals surface area contributed by atoms with Crippen LogP contribution < -0.4 is 10.6 Å². The van der Waals surface area contributed by atoms with Gasteiger partial charge in [-0.15, -0.1) is 0 Å². The van der Waals surface area contributed by atoms with Gasteiger partial charge in [-0.2, -0.15) is 0 Å². The number of carbonyl (C=O) groups excluding carboxylic acids is 2. The summed E-state index contributed by atoms with van der Waals surface area (Å²) < 4.78 is 5.61. The highest BCUT2D eigenvalue weighted by atomic mass is 16.6. The first-order valence-corrected chi connectivity index (χ1v) is 10.5. The Bertz CT molecular complexity index is 1120. The molecule has 0 aliphatic carbocycles. The molecule has 2 amide bonds. The van der Waals surface area contributed by atoms with Crippen LogP contribution in [0.4, 0.5) is 11.4 Å². The van der Waals surface area contributed by atoms with Crippen molar-refractivity contribution in [2.24, 2.45) is 0 Å². The summed E-state index contributed by atoms with van der Waals surface area (Å²) in [4.78, 5) is 25.5. The van der Waals surface area contributed by atoms with E-state index in [9.17, 15) is 24.9 Å². The number of ether oxygens (including phenoxy) is 1. The number of rotatable bonds is 6. The monoisotopic (exact) mass is 448 g/mol. The molecule has 3 aromatic rings. The van der Waals surface area contributed by atoms with E-state index < -0.39 is 31.0 Å². The maximum Gasteiger partial charge on any atom is 0.255 e. The summed E-state index contributed by atoms with van der Waals surface area (Å²) in [5, 5.41) is 35.4. The predicted molar refractivity (Wildman–Crippen MR) is 122 cm³/mol. The third kappa shape index (κ3) is 4.94. The minimum atomic E-state index is -1.26. The highest BCUT2D eigenvalue weighted by Gasteiger charge is 2.43. The number of hydrogen-bond acceptors (Lipinski definition) is 6. The van der Waals surface area contributed by atoms with Gasteiger partial charge < -0.3 is 30.7 Å². The molecule has 170 valence electrons. The van der Waals surface area contributed by atoms with Crippen LogP contribution in [0.2, 0.25) is 0 Å². The Kier molecular flexibility index (Phi) is 6.81. The van der Waals surface area contributed by atoms with Crippen LogP contribution in [0.25, 0.3) is 0 Å². The summed E-state index contributed by atoms with van der Waals surface area (Å²) >= 11 is 0. The Labute approximate surface area is 190 Å². The van der Waals surface area contributed by atoms with E-state index in [1.165, 1.54) is 0 Å². The Hall–Kier alpha value is -3.56. The molecule has 0 saturated carbocycles. The summed E-state index contributed by atoms with van der Waals surface area (Å²) in [5.74, 6) is -0.740. The SMILES string of the molecule is O=C(Nc1ccc(C2OC(CO)C(O)C2O)cc1NC(=O)c1ccccc1)c1ccccc1. The van der Waals surface area contributed by atoms with E-state index in [0.29, 0.717) is 28.1 Å². The zero-order valence-corrected chi connectivity index (χ0v) is 17.6. The molecule has 1 heterocycles. The van der Waals surface area contributed by atoms with Gasteiger partial charge in [0, 0.05) is 11.1 Å². The van der Waals surface area contributed by atoms with Gasteiger partial charge >= 0.3 is 0 Å². The lowest BCUT2D eigenvalue weighted by molar-refractivity contribution is -0.0227. The van der Waals surface area contributed by atoms with Crippen LogP contribution in [0.3, 0.4) is 0 Å². The van der Waals surface area contributed by atoms with Gasteiger partial charge in [0.25, 0.3) is 11.8 Å². The zero-order valence-electron chi connectivity index (χ0n) is 17.6. The van der Waals surface area contributed by atoms with Crippen molar-refractivity contribution < 1.29 is 29.6 Å². The summed E-state index contributed by atoms with van der Waals surface area (Å²) in [6, 6.07) is 22.0. The van der Waals surface area contributed by atoms with E-state index in [1.807, 2.05) is 0 Å². The van der Waals surface area contributed by atoms with Gasteiger partial charge in [-0.3, -0.25) is 9.59 Å². The molecule has 1 fully saturated rings. The second kappa shape index (κ2) is 9.93. The summed E-state index contributed by atoms with van der Waals surface area (Å²) in [7, 11) is 0. The summed E-state index contributed by atoms with van der Waals surface area (Å²) in [6.45, 7) is -0.447. The van der Waals surface area contributed by atoms with Crippen molar-refractivity contribution in [1.82, 2.24) is 0 Å². The van der Waals surface area contributed by atoms with Crippen molar-refractivity contribution >= 4 is 23.2 Å². The van der Waals surface area contributed by atoms with Crippen LogP contribution in [0, 0.1) is 0 Å². The molecule has 4 rings (SSSR count). The van der Waals surface area contributed by atoms with E-state index >= 15 is 0 Å². The molecule has 0 aromatic heterocycles. The van der Waals surface area contributed by atoms with Gasteiger partial charge in [0.05, 0.1) is 18.0 Å². The van der Waals surface area contributed by atoms with Gasteiger partial charge in [0.1, 0.15) is 24.4 Å². The quantitative estimate of drug-likeness (QED) is 0.394. The van der Waals surface area contributed by atoms with E-state index in [2.05, 4.69) is 10.6 Å². The number of carbonyl (C=O) groups is 2. The smallest absolute Gasteiger partial charge is 0.255 e. The standard InChI is InChI=1S/C25H24N2O6/c28-14-20-21(29)22(30)23(33-20)17-11-12-18(26-24(31)15-7-3-1-4-8-15)19(13-17)27-25(32)16-9-5-2-6-10-16/h1-13,20-23,28-30H,14H2,(H,26,31)(H,27,32). The van der Waals surface area contributed by atoms with Gasteiger partial charge in [0.2, 0.25) is 0 Å². The number of nitrogens with one attached hydrogen (secondary N) is 2. The fourth-order valence-electron chi connectivity index (χ4n) is 3.69. The first-order chi connectivity index (χ1) is 16.0. The molecule has 0 bridgehead atoms. The average molecular weight is 448 g/mol. The second-order valence-corrected chi connectivity index (χ2v) is 7.70. The molecule has 4 atom stereocenters. The fourth-order valence-corrected chi connectivity index (χ4v) is 3.69. The van der Waals surface area contributed by atoms with Crippen LogP contribution >= 0.6 is 0 Å². The number of aliphatic hydroxyl groups excluding tert-OH is 3. The van der Waals surface area contributed by atoms with E-state index in [4.69, 9.17) is 4.74 Å². The predicted octanol–water partition coefficient (Wildman–Crippen LogP) is 2.35. The first kappa shape index (κ1) is 22.6.